The minimum absolute atomic E-state index is 0.0616. The van der Waals surface area contributed by atoms with Crippen LogP contribution in [0.1, 0.15) is 25.7 Å². The lowest BCUT2D eigenvalue weighted by molar-refractivity contribution is -0.122. The third kappa shape index (κ3) is 3.73. The van der Waals surface area contributed by atoms with E-state index >= 15 is 0 Å². The number of carbonyl (C=O) groups excluding carboxylic acids is 1. The normalized spacial score (nSPS) is 32.1. The van der Waals surface area contributed by atoms with E-state index in [9.17, 15) is 9.90 Å². The Morgan fingerprint density at radius 2 is 2.19 bits per heavy atom. The maximum absolute atomic E-state index is 11.6. The maximum Gasteiger partial charge on any atom is 0.234 e. The molecule has 0 bridgehead atoms. The molecular weight excluding hydrogens is 206 g/mol. The van der Waals surface area contributed by atoms with E-state index < -0.39 is 6.10 Å². The van der Waals surface area contributed by atoms with Crippen LogP contribution in [0.3, 0.4) is 0 Å². The van der Waals surface area contributed by atoms with E-state index in [1.807, 2.05) is 4.90 Å². The lowest BCUT2D eigenvalue weighted by Crippen LogP contribution is -2.40. The van der Waals surface area contributed by atoms with Gasteiger partial charge in [0.05, 0.1) is 12.6 Å². The zero-order chi connectivity index (χ0) is 11.5. The highest BCUT2D eigenvalue weighted by atomic mass is 16.3. The standard InChI is InChI=1S/C11H21N3O2/c12-8-3-4-14(6-10(15)5-8)7-11(16)13-9-1-2-9/h8-10,15H,1-7,12H2,(H,13,16)/t8-,10-/m0/s1. The first kappa shape index (κ1) is 11.8. The number of nitrogens with zero attached hydrogens (tertiary/aromatic N) is 1. The Morgan fingerprint density at radius 3 is 2.88 bits per heavy atom. The molecule has 2 fully saturated rings. The fraction of sp³-hybridized carbons (Fsp3) is 0.909. The summed E-state index contributed by atoms with van der Waals surface area (Å²) in [6, 6.07) is 0.471. The minimum Gasteiger partial charge on any atom is -0.392 e. The molecule has 0 aromatic carbocycles. The van der Waals surface area contributed by atoms with E-state index in [1.54, 1.807) is 0 Å². The summed E-state index contributed by atoms with van der Waals surface area (Å²) in [5, 5.41) is 12.6. The van der Waals surface area contributed by atoms with Gasteiger partial charge in [-0.1, -0.05) is 0 Å². The van der Waals surface area contributed by atoms with Crippen LogP contribution in [0.4, 0.5) is 0 Å². The zero-order valence-corrected chi connectivity index (χ0v) is 9.56. The maximum atomic E-state index is 11.6. The van der Waals surface area contributed by atoms with Crippen LogP contribution < -0.4 is 11.1 Å². The monoisotopic (exact) mass is 227 g/mol. The predicted octanol–water partition coefficient (Wildman–Crippen LogP) is -0.951. The van der Waals surface area contributed by atoms with E-state index in [4.69, 9.17) is 5.73 Å². The van der Waals surface area contributed by atoms with Crippen LogP contribution in [-0.2, 0) is 4.79 Å². The van der Waals surface area contributed by atoms with Crippen LogP contribution in [0, 0.1) is 0 Å². The van der Waals surface area contributed by atoms with Gasteiger partial charge < -0.3 is 16.2 Å². The van der Waals surface area contributed by atoms with E-state index in [0.29, 0.717) is 25.6 Å². The molecule has 1 aliphatic heterocycles. The Balaban J connectivity index is 1.76. The highest BCUT2D eigenvalue weighted by Gasteiger charge is 2.26. The van der Waals surface area contributed by atoms with Gasteiger partial charge in [-0.2, -0.15) is 0 Å². The van der Waals surface area contributed by atoms with Crippen molar-refractivity contribution in [2.24, 2.45) is 5.73 Å². The molecule has 2 atom stereocenters. The number of aliphatic hydroxyl groups is 1. The van der Waals surface area contributed by atoms with Crippen LogP contribution in [0.5, 0.6) is 0 Å². The summed E-state index contributed by atoms with van der Waals surface area (Å²) >= 11 is 0. The molecule has 5 heteroatoms. The van der Waals surface area contributed by atoms with E-state index in [-0.39, 0.29) is 11.9 Å². The van der Waals surface area contributed by atoms with Gasteiger partial charge in [-0.25, -0.2) is 0 Å². The molecule has 1 amide bonds. The highest BCUT2D eigenvalue weighted by Crippen LogP contribution is 2.18. The lowest BCUT2D eigenvalue weighted by atomic mass is 10.1. The highest BCUT2D eigenvalue weighted by molar-refractivity contribution is 5.78. The van der Waals surface area contributed by atoms with Crippen molar-refractivity contribution in [3.63, 3.8) is 0 Å². The molecule has 92 valence electrons. The van der Waals surface area contributed by atoms with Gasteiger partial charge in [0.2, 0.25) is 5.91 Å². The van der Waals surface area contributed by atoms with E-state index in [1.165, 1.54) is 0 Å². The molecule has 1 aliphatic carbocycles. The smallest absolute Gasteiger partial charge is 0.234 e. The molecule has 0 unspecified atom stereocenters. The first-order chi connectivity index (χ1) is 7.63. The second kappa shape index (κ2) is 5.12. The molecule has 2 rings (SSSR count). The first-order valence-electron chi connectivity index (χ1n) is 6.09. The number of carbonyl (C=O) groups is 1. The molecule has 0 radical (unpaired) electrons. The fourth-order valence-electron chi connectivity index (χ4n) is 2.13. The zero-order valence-electron chi connectivity index (χ0n) is 9.56. The molecule has 0 aromatic heterocycles. The Labute approximate surface area is 96.0 Å². The largest absolute Gasteiger partial charge is 0.392 e. The number of amides is 1. The van der Waals surface area contributed by atoms with Gasteiger partial charge in [0.1, 0.15) is 0 Å². The molecule has 0 spiro atoms. The van der Waals surface area contributed by atoms with Crippen LogP contribution in [-0.4, -0.2) is 53.7 Å². The van der Waals surface area contributed by atoms with Crippen molar-refractivity contribution in [1.29, 1.82) is 0 Å². The number of aliphatic hydroxyl groups excluding tert-OH is 1. The summed E-state index contributed by atoms with van der Waals surface area (Å²) in [5.74, 6) is 0.0742. The number of β-amino-alcohol motifs (C(OH)–C–C–N with tert-alkyl or cyclic N) is 1. The molecule has 0 aromatic rings. The fourth-order valence-corrected chi connectivity index (χ4v) is 2.13. The molecule has 1 saturated carbocycles. The minimum atomic E-state index is -0.397. The van der Waals surface area contributed by atoms with Crippen molar-refractivity contribution < 1.29 is 9.90 Å². The van der Waals surface area contributed by atoms with Crippen molar-refractivity contribution in [3.05, 3.63) is 0 Å². The molecular formula is C11H21N3O2. The number of likely N-dealkylation sites (tertiary alicyclic amines) is 1. The Bertz CT molecular complexity index is 256. The van der Waals surface area contributed by atoms with E-state index in [0.717, 1.165) is 25.8 Å². The first-order valence-corrected chi connectivity index (χ1v) is 6.09. The topological polar surface area (TPSA) is 78.6 Å². The Hall–Kier alpha value is -0.650. The van der Waals surface area contributed by atoms with Crippen LogP contribution in [0.25, 0.3) is 0 Å². The third-order valence-electron chi connectivity index (χ3n) is 3.17. The number of hydrogen-bond donors (Lipinski definition) is 3. The Kier molecular flexibility index (Phi) is 3.78. The molecule has 2 aliphatic rings. The van der Waals surface area contributed by atoms with Crippen LogP contribution >= 0.6 is 0 Å². The molecule has 4 N–H and O–H groups in total. The molecule has 5 nitrogen and oxygen atoms in total. The summed E-state index contributed by atoms with van der Waals surface area (Å²) in [6.07, 6.45) is 3.32. The second-order valence-electron chi connectivity index (χ2n) is 5.02. The molecule has 1 heterocycles. The average molecular weight is 227 g/mol. The van der Waals surface area contributed by atoms with Crippen molar-refractivity contribution in [1.82, 2.24) is 10.2 Å². The molecule has 1 saturated heterocycles. The summed E-state index contributed by atoms with van der Waals surface area (Å²) in [5.41, 5.74) is 5.82. The summed E-state index contributed by atoms with van der Waals surface area (Å²) < 4.78 is 0. The number of nitrogens with two attached hydrogens (primary N) is 1. The lowest BCUT2D eigenvalue weighted by Gasteiger charge is -2.20. The van der Waals surface area contributed by atoms with Gasteiger partial charge in [-0.3, -0.25) is 9.69 Å². The van der Waals surface area contributed by atoms with Gasteiger partial charge >= 0.3 is 0 Å². The van der Waals surface area contributed by atoms with Crippen molar-refractivity contribution in [2.45, 2.75) is 43.9 Å². The van der Waals surface area contributed by atoms with Gasteiger partial charge in [-0.05, 0) is 25.7 Å². The van der Waals surface area contributed by atoms with Crippen LogP contribution in [0.2, 0.25) is 0 Å². The van der Waals surface area contributed by atoms with Crippen molar-refractivity contribution in [2.75, 3.05) is 19.6 Å². The summed E-state index contributed by atoms with van der Waals surface area (Å²) in [6.45, 7) is 1.75. The van der Waals surface area contributed by atoms with Gasteiger partial charge in [-0.15, -0.1) is 0 Å². The van der Waals surface area contributed by atoms with Crippen LogP contribution in [0.15, 0.2) is 0 Å². The number of nitrogens with one attached hydrogen (secondary N) is 1. The van der Waals surface area contributed by atoms with Gasteiger partial charge in [0.15, 0.2) is 0 Å². The van der Waals surface area contributed by atoms with Crippen molar-refractivity contribution >= 4 is 5.91 Å². The van der Waals surface area contributed by atoms with Crippen molar-refractivity contribution in [3.8, 4) is 0 Å². The second-order valence-corrected chi connectivity index (χ2v) is 5.02. The van der Waals surface area contributed by atoms with E-state index in [2.05, 4.69) is 5.32 Å². The SMILES string of the molecule is N[C@H]1CCN(CC(=O)NC2CC2)C[C@@H](O)C1. The predicted molar refractivity (Wildman–Crippen MR) is 60.8 cm³/mol. The summed E-state index contributed by atoms with van der Waals surface area (Å²) in [7, 11) is 0. The summed E-state index contributed by atoms with van der Waals surface area (Å²) in [4.78, 5) is 13.6. The average Bonchev–Trinajstić information content (AvgIpc) is 2.97. The number of rotatable bonds is 3. The van der Waals surface area contributed by atoms with Gasteiger partial charge in [0, 0.05) is 25.2 Å². The quantitative estimate of drug-likeness (QED) is 0.581. The molecule has 16 heavy (non-hydrogen) atoms. The third-order valence-corrected chi connectivity index (χ3v) is 3.17. The number of hydrogen-bond acceptors (Lipinski definition) is 4. The Morgan fingerprint density at radius 1 is 1.44 bits per heavy atom. The van der Waals surface area contributed by atoms with Gasteiger partial charge in [0.25, 0.3) is 0 Å².